The van der Waals surface area contributed by atoms with Crippen molar-refractivity contribution < 1.29 is 4.74 Å². The first-order valence-corrected chi connectivity index (χ1v) is 6.50. The van der Waals surface area contributed by atoms with E-state index in [1.807, 2.05) is 6.92 Å². The highest BCUT2D eigenvalue weighted by molar-refractivity contribution is 6.29. The van der Waals surface area contributed by atoms with Crippen LogP contribution in [0.1, 0.15) is 24.8 Å². The fourth-order valence-corrected chi connectivity index (χ4v) is 2.33. The first-order valence-electron chi connectivity index (χ1n) is 6.12. The van der Waals surface area contributed by atoms with Gasteiger partial charge in [-0.15, -0.1) is 0 Å². The molecule has 17 heavy (non-hydrogen) atoms. The molecule has 1 aliphatic heterocycles. The summed E-state index contributed by atoms with van der Waals surface area (Å²) in [6.45, 7) is 3.89. The van der Waals surface area contributed by atoms with Gasteiger partial charge in [0.25, 0.3) is 0 Å². The van der Waals surface area contributed by atoms with Gasteiger partial charge in [0.15, 0.2) is 0 Å². The number of likely N-dealkylation sites (N-methyl/N-ethyl adjacent to an activating group) is 1. The lowest BCUT2D eigenvalue weighted by atomic mass is 10.0. The van der Waals surface area contributed by atoms with E-state index in [4.69, 9.17) is 16.3 Å². The number of likely N-dealkylation sites (tertiary alicyclic amines) is 1. The summed E-state index contributed by atoms with van der Waals surface area (Å²) in [5, 5.41) is 0.489. The molecular weight excluding hydrogens is 236 g/mol. The highest BCUT2D eigenvalue weighted by Gasteiger charge is 2.19. The third-order valence-electron chi connectivity index (χ3n) is 3.37. The maximum absolute atomic E-state index is 5.87. The molecule has 1 aliphatic rings. The Kier molecular flexibility index (Phi) is 4.24. The Balaban J connectivity index is 1.94. The van der Waals surface area contributed by atoms with Crippen molar-refractivity contribution in [2.75, 3.05) is 20.2 Å². The molecule has 94 valence electrons. The van der Waals surface area contributed by atoms with Crippen molar-refractivity contribution >= 4 is 11.6 Å². The minimum atomic E-state index is 0.489. The van der Waals surface area contributed by atoms with Crippen LogP contribution < -0.4 is 4.74 Å². The number of piperidine rings is 1. The second kappa shape index (κ2) is 5.69. The average molecular weight is 255 g/mol. The van der Waals surface area contributed by atoms with Gasteiger partial charge in [-0.3, -0.25) is 0 Å². The minimum Gasteiger partial charge on any atom is -0.492 e. The molecule has 0 spiro atoms. The fraction of sp³-hybridized carbons (Fsp3) is 0.615. The number of aryl methyl sites for hydroxylation is 1. The zero-order valence-electron chi connectivity index (χ0n) is 10.4. The van der Waals surface area contributed by atoms with Gasteiger partial charge in [0.1, 0.15) is 17.5 Å². The van der Waals surface area contributed by atoms with Crippen LogP contribution in [0, 0.1) is 6.92 Å². The molecule has 0 radical (unpaired) electrons. The number of pyridine rings is 1. The standard InChI is InChI=1S/C13H19ClN2O/c1-10-8-15-13(14)7-12(10)17-9-11-5-3-4-6-16(11)2/h7-8,11H,3-6,9H2,1-2H3. The number of nitrogens with zero attached hydrogens (tertiary/aromatic N) is 2. The third kappa shape index (κ3) is 3.33. The summed E-state index contributed by atoms with van der Waals surface area (Å²) < 4.78 is 5.86. The largest absolute Gasteiger partial charge is 0.492 e. The molecule has 0 amide bonds. The topological polar surface area (TPSA) is 25.4 Å². The summed E-state index contributed by atoms with van der Waals surface area (Å²) in [6, 6.07) is 2.31. The Hall–Kier alpha value is -0.800. The number of ether oxygens (including phenoxy) is 1. The van der Waals surface area contributed by atoms with E-state index in [0.717, 1.165) is 17.9 Å². The van der Waals surface area contributed by atoms with E-state index < -0.39 is 0 Å². The number of halogens is 1. The van der Waals surface area contributed by atoms with E-state index in [1.165, 1.54) is 25.8 Å². The van der Waals surface area contributed by atoms with Gasteiger partial charge in [-0.05, 0) is 33.4 Å². The summed E-state index contributed by atoms with van der Waals surface area (Å²) in [6.07, 6.45) is 5.57. The Bertz CT molecular complexity index is 384. The fourth-order valence-electron chi connectivity index (χ4n) is 2.18. The second-order valence-corrected chi connectivity index (χ2v) is 5.10. The van der Waals surface area contributed by atoms with E-state index in [-0.39, 0.29) is 0 Å². The van der Waals surface area contributed by atoms with Crippen LogP contribution in [0.3, 0.4) is 0 Å². The summed E-state index contributed by atoms with van der Waals surface area (Å²) in [4.78, 5) is 6.40. The molecule has 0 aliphatic carbocycles. The molecule has 1 fully saturated rings. The Labute approximate surface area is 108 Å². The molecule has 3 nitrogen and oxygen atoms in total. The first-order chi connectivity index (χ1) is 8.16. The Morgan fingerprint density at radius 3 is 3.12 bits per heavy atom. The van der Waals surface area contributed by atoms with E-state index in [9.17, 15) is 0 Å². The highest BCUT2D eigenvalue weighted by Crippen LogP contribution is 2.22. The Morgan fingerprint density at radius 2 is 2.35 bits per heavy atom. The number of hydrogen-bond donors (Lipinski definition) is 0. The third-order valence-corrected chi connectivity index (χ3v) is 3.58. The summed E-state index contributed by atoms with van der Waals surface area (Å²) in [5.74, 6) is 0.851. The van der Waals surface area contributed by atoms with Crippen LogP contribution in [0.25, 0.3) is 0 Å². The van der Waals surface area contributed by atoms with Crippen LogP contribution in [0.2, 0.25) is 5.15 Å². The lowest BCUT2D eigenvalue weighted by molar-refractivity contribution is 0.124. The Morgan fingerprint density at radius 1 is 1.53 bits per heavy atom. The van der Waals surface area contributed by atoms with Crippen molar-refractivity contribution in [3.05, 3.63) is 23.0 Å². The normalized spacial score (nSPS) is 21.5. The summed E-state index contributed by atoms with van der Waals surface area (Å²) >= 11 is 5.87. The molecule has 2 heterocycles. The molecule has 1 atom stereocenters. The van der Waals surface area contributed by atoms with Crippen molar-refractivity contribution in [2.45, 2.75) is 32.2 Å². The van der Waals surface area contributed by atoms with Gasteiger partial charge in [0, 0.05) is 23.9 Å². The molecule has 0 aromatic carbocycles. The smallest absolute Gasteiger partial charge is 0.132 e. The van der Waals surface area contributed by atoms with Gasteiger partial charge >= 0.3 is 0 Å². The lowest BCUT2D eigenvalue weighted by Gasteiger charge is -2.32. The molecule has 4 heteroatoms. The van der Waals surface area contributed by atoms with Crippen molar-refractivity contribution in [2.24, 2.45) is 0 Å². The van der Waals surface area contributed by atoms with Crippen molar-refractivity contribution in [1.29, 1.82) is 0 Å². The van der Waals surface area contributed by atoms with Gasteiger partial charge in [-0.25, -0.2) is 4.98 Å². The zero-order chi connectivity index (χ0) is 12.3. The first kappa shape index (κ1) is 12.7. The molecule has 1 saturated heterocycles. The van der Waals surface area contributed by atoms with Crippen LogP contribution in [0.5, 0.6) is 5.75 Å². The molecule has 2 rings (SSSR count). The maximum Gasteiger partial charge on any atom is 0.132 e. The second-order valence-electron chi connectivity index (χ2n) is 4.71. The SMILES string of the molecule is Cc1cnc(Cl)cc1OCC1CCCCN1C. The van der Waals surface area contributed by atoms with Gasteiger partial charge < -0.3 is 9.64 Å². The van der Waals surface area contributed by atoms with Crippen LogP contribution >= 0.6 is 11.6 Å². The van der Waals surface area contributed by atoms with Gasteiger partial charge in [-0.2, -0.15) is 0 Å². The summed E-state index contributed by atoms with van der Waals surface area (Å²) in [7, 11) is 2.17. The molecule has 1 unspecified atom stereocenters. The quantitative estimate of drug-likeness (QED) is 0.776. The molecule has 0 saturated carbocycles. The molecule has 1 aromatic rings. The number of rotatable bonds is 3. The predicted molar refractivity (Wildman–Crippen MR) is 69.7 cm³/mol. The van der Waals surface area contributed by atoms with Gasteiger partial charge in [-0.1, -0.05) is 18.0 Å². The van der Waals surface area contributed by atoms with E-state index in [2.05, 4.69) is 16.9 Å². The minimum absolute atomic E-state index is 0.489. The number of aromatic nitrogens is 1. The molecular formula is C13H19ClN2O. The predicted octanol–water partition coefficient (Wildman–Crippen LogP) is 2.91. The lowest BCUT2D eigenvalue weighted by Crippen LogP contribution is -2.40. The highest BCUT2D eigenvalue weighted by atomic mass is 35.5. The van der Waals surface area contributed by atoms with Gasteiger partial charge in [0.05, 0.1) is 0 Å². The summed E-state index contributed by atoms with van der Waals surface area (Å²) in [5.41, 5.74) is 1.04. The van der Waals surface area contributed by atoms with Crippen molar-refractivity contribution in [1.82, 2.24) is 9.88 Å². The van der Waals surface area contributed by atoms with E-state index >= 15 is 0 Å². The average Bonchev–Trinajstić information content (AvgIpc) is 2.32. The van der Waals surface area contributed by atoms with Gasteiger partial charge in [0.2, 0.25) is 0 Å². The van der Waals surface area contributed by atoms with Crippen molar-refractivity contribution in [3.8, 4) is 5.75 Å². The van der Waals surface area contributed by atoms with Crippen LogP contribution in [0.15, 0.2) is 12.3 Å². The van der Waals surface area contributed by atoms with Crippen LogP contribution in [-0.4, -0.2) is 36.1 Å². The van der Waals surface area contributed by atoms with Crippen LogP contribution in [0.4, 0.5) is 0 Å². The van der Waals surface area contributed by atoms with E-state index in [1.54, 1.807) is 12.3 Å². The van der Waals surface area contributed by atoms with Crippen LogP contribution in [-0.2, 0) is 0 Å². The molecule has 1 aromatic heterocycles. The van der Waals surface area contributed by atoms with Crippen molar-refractivity contribution in [3.63, 3.8) is 0 Å². The van der Waals surface area contributed by atoms with E-state index in [0.29, 0.717) is 11.2 Å². The number of hydrogen-bond acceptors (Lipinski definition) is 3. The maximum atomic E-state index is 5.87. The molecule has 0 bridgehead atoms. The monoisotopic (exact) mass is 254 g/mol. The zero-order valence-corrected chi connectivity index (χ0v) is 11.2. The molecule has 0 N–H and O–H groups in total.